The standard InChI is InChI=1S/C20H25FN2O2.ClH/c1-24-19-9-10-23(17(12-19)13-22)14-15-5-7-18(8-6-15)25-20-4-2-3-16(21)11-20;/h2-8,11,17,19H,9-10,12-14,22H2,1H3;1H. The van der Waals surface area contributed by atoms with E-state index >= 15 is 0 Å². The lowest BCUT2D eigenvalue weighted by molar-refractivity contribution is 0.0102. The molecule has 0 saturated carbocycles. The molecule has 1 heterocycles. The highest BCUT2D eigenvalue weighted by atomic mass is 35.5. The lowest BCUT2D eigenvalue weighted by Crippen LogP contribution is -2.47. The predicted molar refractivity (Wildman–Crippen MR) is 103 cm³/mol. The van der Waals surface area contributed by atoms with Gasteiger partial charge in [0.25, 0.3) is 0 Å². The Balaban J connectivity index is 0.00000243. The minimum absolute atomic E-state index is 0. The second-order valence-corrected chi connectivity index (χ2v) is 6.45. The van der Waals surface area contributed by atoms with Gasteiger partial charge in [-0.2, -0.15) is 0 Å². The molecular weight excluding hydrogens is 355 g/mol. The molecule has 0 aromatic heterocycles. The van der Waals surface area contributed by atoms with E-state index in [9.17, 15) is 4.39 Å². The number of methoxy groups -OCH3 is 1. The van der Waals surface area contributed by atoms with E-state index in [1.807, 2.05) is 24.3 Å². The summed E-state index contributed by atoms with van der Waals surface area (Å²) in [6, 6.07) is 14.4. The van der Waals surface area contributed by atoms with Crippen molar-refractivity contribution in [1.29, 1.82) is 0 Å². The van der Waals surface area contributed by atoms with E-state index < -0.39 is 0 Å². The Morgan fingerprint density at radius 3 is 2.58 bits per heavy atom. The maximum absolute atomic E-state index is 13.2. The van der Waals surface area contributed by atoms with Gasteiger partial charge < -0.3 is 15.2 Å². The summed E-state index contributed by atoms with van der Waals surface area (Å²) in [5, 5.41) is 0. The van der Waals surface area contributed by atoms with E-state index in [1.54, 1.807) is 19.2 Å². The zero-order valence-corrected chi connectivity index (χ0v) is 15.8. The third kappa shape index (κ3) is 5.42. The second-order valence-electron chi connectivity index (χ2n) is 6.45. The summed E-state index contributed by atoms with van der Waals surface area (Å²) >= 11 is 0. The molecule has 2 atom stereocenters. The predicted octanol–water partition coefficient (Wildman–Crippen LogP) is 3.98. The minimum Gasteiger partial charge on any atom is -0.457 e. The second kappa shape index (κ2) is 9.88. The number of hydrogen-bond donors (Lipinski definition) is 1. The van der Waals surface area contributed by atoms with Crippen LogP contribution >= 0.6 is 12.4 Å². The smallest absolute Gasteiger partial charge is 0.130 e. The largest absolute Gasteiger partial charge is 0.457 e. The summed E-state index contributed by atoms with van der Waals surface area (Å²) < 4.78 is 24.4. The topological polar surface area (TPSA) is 47.7 Å². The van der Waals surface area contributed by atoms with Crippen molar-refractivity contribution in [3.8, 4) is 11.5 Å². The summed E-state index contributed by atoms with van der Waals surface area (Å²) in [4.78, 5) is 2.41. The summed E-state index contributed by atoms with van der Waals surface area (Å²) in [7, 11) is 1.77. The molecule has 6 heteroatoms. The number of nitrogens with zero attached hydrogens (tertiary/aromatic N) is 1. The van der Waals surface area contributed by atoms with Crippen LogP contribution in [-0.2, 0) is 11.3 Å². The Labute approximate surface area is 160 Å². The van der Waals surface area contributed by atoms with Gasteiger partial charge in [0.2, 0.25) is 0 Å². The number of likely N-dealkylation sites (tertiary alicyclic amines) is 1. The number of piperidine rings is 1. The molecule has 2 aromatic carbocycles. The first-order valence-corrected chi connectivity index (χ1v) is 8.67. The van der Waals surface area contributed by atoms with Crippen molar-refractivity contribution >= 4 is 12.4 Å². The SMILES string of the molecule is COC1CCN(Cc2ccc(Oc3cccc(F)c3)cc2)C(CN)C1.Cl. The minimum atomic E-state index is -0.304. The first-order chi connectivity index (χ1) is 12.2. The summed E-state index contributed by atoms with van der Waals surface area (Å²) in [6.45, 7) is 2.49. The molecule has 4 nitrogen and oxygen atoms in total. The van der Waals surface area contributed by atoms with Gasteiger partial charge >= 0.3 is 0 Å². The van der Waals surface area contributed by atoms with Crippen LogP contribution < -0.4 is 10.5 Å². The van der Waals surface area contributed by atoms with Crippen LogP contribution in [-0.4, -0.2) is 37.2 Å². The van der Waals surface area contributed by atoms with Gasteiger partial charge in [-0.25, -0.2) is 4.39 Å². The van der Waals surface area contributed by atoms with Gasteiger partial charge in [0, 0.05) is 38.9 Å². The molecule has 0 amide bonds. The summed E-state index contributed by atoms with van der Waals surface area (Å²) in [5.41, 5.74) is 7.15. The third-order valence-corrected chi connectivity index (χ3v) is 4.74. The highest BCUT2D eigenvalue weighted by Gasteiger charge is 2.27. The summed E-state index contributed by atoms with van der Waals surface area (Å²) in [6.07, 6.45) is 2.33. The van der Waals surface area contributed by atoms with Gasteiger partial charge in [0.15, 0.2) is 0 Å². The molecule has 0 spiro atoms. The van der Waals surface area contributed by atoms with Crippen LogP contribution in [0.5, 0.6) is 11.5 Å². The number of ether oxygens (including phenoxy) is 2. The van der Waals surface area contributed by atoms with Gasteiger partial charge in [0.05, 0.1) is 6.10 Å². The molecule has 0 bridgehead atoms. The molecule has 3 rings (SSSR count). The number of benzene rings is 2. The van der Waals surface area contributed by atoms with Gasteiger partial charge in [-0.15, -0.1) is 12.4 Å². The van der Waals surface area contributed by atoms with Gasteiger partial charge in [-0.3, -0.25) is 4.90 Å². The Morgan fingerprint density at radius 2 is 1.92 bits per heavy atom. The molecule has 1 aliphatic rings. The molecule has 1 saturated heterocycles. The number of rotatable bonds is 6. The lowest BCUT2D eigenvalue weighted by atomic mass is 9.98. The zero-order valence-electron chi connectivity index (χ0n) is 14.9. The van der Waals surface area contributed by atoms with E-state index in [0.717, 1.165) is 25.9 Å². The van der Waals surface area contributed by atoms with Crippen molar-refractivity contribution in [2.45, 2.75) is 31.5 Å². The molecule has 1 aliphatic heterocycles. The molecule has 2 aromatic rings. The van der Waals surface area contributed by atoms with E-state index in [-0.39, 0.29) is 18.2 Å². The monoisotopic (exact) mass is 380 g/mol. The van der Waals surface area contributed by atoms with E-state index in [0.29, 0.717) is 30.2 Å². The van der Waals surface area contributed by atoms with Crippen molar-refractivity contribution in [3.63, 3.8) is 0 Å². The number of hydrogen-bond acceptors (Lipinski definition) is 4. The first kappa shape index (κ1) is 20.6. The van der Waals surface area contributed by atoms with Gasteiger partial charge in [-0.05, 0) is 42.7 Å². The van der Waals surface area contributed by atoms with Crippen molar-refractivity contribution in [2.24, 2.45) is 5.73 Å². The molecular formula is C20H26ClFN2O2. The highest BCUT2D eigenvalue weighted by molar-refractivity contribution is 5.85. The highest BCUT2D eigenvalue weighted by Crippen LogP contribution is 2.24. The molecule has 142 valence electrons. The van der Waals surface area contributed by atoms with E-state index in [4.69, 9.17) is 15.2 Å². The van der Waals surface area contributed by atoms with Crippen LogP contribution in [0.3, 0.4) is 0 Å². The van der Waals surface area contributed by atoms with Crippen molar-refractivity contribution in [1.82, 2.24) is 4.90 Å². The van der Waals surface area contributed by atoms with Crippen LogP contribution in [0.1, 0.15) is 18.4 Å². The molecule has 0 radical (unpaired) electrons. The Hall–Kier alpha value is -1.66. The van der Waals surface area contributed by atoms with Crippen LogP contribution in [0, 0.1) is 5.82 Å². The third-order valence-electron chi connectivity index (χ3n) is 4.74. The maximum Gasteiger partial charge on any atom is 0.130 e. The van der Waals surface area contributed by atoms with Crippen molar-refractivity contribution < 1.29 is 13.9 Å². The zero-order chi connectivity index (χ0) is 17.6. The fraction of sp³-hybridized carbons (Fsp3) is 0.400. The molecule has 1 fully saturated rings. The average molecular weight is 381 g/mol. The van der Waals surface area contributed by atoms with Crippen LogP contribution in [0.25, 0.3) is 0 Å². The van der Waals surface area contributed by atoms with Gasteiger partial charge in [-0.1, -0.05) is 18.2 Å². The number of nitrogens with two attached hydrogens (primary N) is 1. The first-order valence-electron chi connectivity index (χ1n) is 8.67. The van der Waals surface area contributed by atoms with Crippen LogP contribution in [0.4, 0.5) is 4.39 Å². The lowest BCUT2D eigenvalue weighted by Gasteiger charge is -2.38. The normalized spacial score (nSPS) is 20.4. The maximum atomic E-state index is 13.2. The molecule has 2 N–H and O–H groups in total. The Kier molecular flexibility index (Phi) is 7.85. The van der Waals surface area contributed by atoms with Crippen molar-refractivity contribution in [3.05, 3.63) is 59.9 Å². The molecule has 26 heavy (non-hydrogen) atoms. The molecule has 2 unspecified atom stereocenters. The van der Waals surface area contributed by atoms with E-state index in [1.165, 1.54) is 17.7 Å². The average Bonchev–Trinajstić information content (AvgIpc) is 2.63. The van der Waals surface area contributed by atoms with Gasteiger partial charge in [0.1, 0.15) is 17.3 Å². The Morgan fingerprint density at radius 1 is 1.15 bits per heavy atom. The van der Waals surface area contributed by atoms with Crippen LogP contribution in [0.15, 0.2) is 48.5 Å². The fourth-order valence-corrected chi connectivity index (χ4v) is 3.29. The molecule has 0 aliphatic carbocycles. The summed E-state index contributed by atoms with van der Waals surface area (Å²) in [5.74, 6) is 0.891. The fourth-order valence-electron chi connectivity index (χ4n) is 3.29. The quantitative estimate of drug-likeness (QED) is 0.823. The Bertz CT molecular complexity index is 684. The number of halogens is 2. The van der Waals surface area contributed by atoms with Crippen LogP contribution in [0.2, 0.25) is 0 Å². The van der Waals surface area contributed by atoms with Crippen molar-refractivity contribution in [2.75, 3.05) is 20.2 Å². The van der Waals surface area contributed by atoms with E-state index in [2.05, 4.69) is 4.90 Å².